The smallest absolute Gasteiger partial charge is 0.143 e. The summed E-state index contributed by atoms with van der Waals surface area (Å²) < 4.78 is 257. The molecule has 0 N–H and O–H groups in total. The lowest BCUT2D eigenvalue weighted by Gasteiger charge is -2.18. The predicted molar refractivity (Wildman–Crippen MR) is 204 cm³/mol. The zero-order valence-electron chi connectivity index (χ0n) is 52.1. The first-order valence-electron chi connectivity index (χ1n) is 28.4. The number of hydrogen-bond acceptors (Lipinski definition) is 1. The summed E-state index contributed by atoms with van der Waals surface area (Å²) in [5.74, 6) is 0. The highest BCUT2D eigenvalue weighted by molar-refractivity contribution is 6.24. The van der Waals surface area contributed by atoms with Crippen LogP contribution >= 0.6 is 0 Å². The van der Waals surface area contributed by atoms with Gasteiger partial charge >= 0.3 is 0 Å². The van der Waals surface area contributed by atoms with E-state index in [4.69, 9.17) is 29.1 Å². The molecule has 48 heavy (non-hydrogen) atoms. The van der Waals surface area contributed by atoms with Gasteiger partial charge in [0.25, 0.3) is 0 Å². The Morgan fingerprint density at radius 2 is 1.04 bits per heavy atom. The van der Waals surface area contributed by atoms with Gasteiger partial charge in [-0.15, -0.1) is 0 Å². The van der Waals surface area contributed by atoms with Crippen molar-refractivity contribution in [2.75, 3.05) is 0 Å². The van der Waals surface area contributed by atoms with E-state index in [-0.39, 0.29) is 0 Å². The molecule has 0 amide bonds. The van der Waals surface area contributed by atoms with Crippen LogP contribution < -0.4 is 0 Å². The molecule has 1 aromatic heterocycles. The minimum Gasteiger partial charge on any atom is -0.455 e. The van der Waals surface area contributed by atoms with Crippen molar-refractivity contribution in [3.05, 3.63) is 180 Å². The number of fused-ring (bicyclic) bond motifs is 8. The van der Waals surface area contributed by atoms with E-state index < -0.39 is 274 Å². The molecule has 10 aromatic rings. The number of hydrogen-bond donors (Lipinski definition) is 0. The lowest BCUT2D eigenvalue weighted by molar-refractivity contribution is 0.673. The highest BCUT2D eigenvalue weighted by Crippen LogP contribution is 2.45. The van der Waals surface area contributed by atoms with Crippen LogP contribution in [-0.4, -0.2) is 0 Å². The Hall–Kier alpha value is -6.18. The van der Waals surface area contributed by atoms with Crippen molar-refractivity contribution in [3.8, 4) is 22.3 Å². The third-order valence-corrected chi connectivity index (χ3v) is 8.01. The lowest BCUT2D eigenvalue weighted by atomic mass is 9.85. The maximum atomic E-state index is 9.51. The van der Waals surface area contributed by atoms with Gasteiger partial charge in [0.05, 0.1) is 38.4 Å². The summed E-state index contributed by atoms with van der Waals surface area (Å²) >= 11 is 0. The van der Waals surface area contributed by atoms with Gasteiger partial charge in [-0.1, -0.05) is 151 Å². The molecule has 10 rings (SSSR count). The second-order valence-corrected chi connectivity index (χ2v) is 10.6. The molecule has 1 heteroatoms. The maximum absolute atomic E-state index is 9.51. The molecule has 0 saturated heterocycles. The average molecular weight is 639 g/mol. The first kappa shape index (κ1) is 11.2. The molecule has 1 nitrogen and oxygen atoms in total. The fourth-order valence-corrected chi connectivity index (χ4v) is 5.92. The molecule has 1 heterocycles. The molecule has 0 radical (unpaired) electrons. The van der Waals surface area contributed by atoms with Crippen LogP contribution in [0.5, 0.6) is 0 Å². The van der Waals surface area contributed by atoms with E-state index in [9.17, 15) is 13.7 Å². The summed E-state index contributed by atoms with van der Waals surface area (Å²) in [6.45, 7) is 0. The molecule has 0 saturated carbocycles. The molecule has 224 valence electrons. The Balaban J connectivity index is 1.39. The van der Waals surface area contributed by atoms with Crippen molar-refractivity contribution in [2.45, 2.75) is 6.42 Å². The highest BCUT2D eigenvalue weighted by Gasteiger charge is 2.20. The van der Waals surface area contributed by atoms with E-state index in [0.29, 0.717) is 0 Å². The largest absolute Gasteiger partial charge is 0.455 e. The molecule has 0 fully saturated rings. The minimum atomic E-state index is -0.949. The highest BCUT2D eigenvalue weighted by atomic mass is 16.3. The van der Waals surface area contributed by atoms with E-state index >= 15 is 0 Å². The van der Waals surface area contributed by atoms with Crippen molar-refractivity contribution in [1.82, 2.24) is 0 Å². The minimum absolute atomic E-state index is 0.437. The SMILES string of the molecule is [2H]c1c([2H])c(-c2c([2H])c([2H])c3c([2H])c([2H])c([2H])c([2H])c3c2[2H])c([2H])c([2H])c1Cc1c2c([2H])c([2H])c([2H])c([2H])c2c(-c2c([2H])c([2H])c([2H])c3oc4c5c([2H])c([2H])c([2H])c([2H])c5c([2H])c([2H])c4c23)c2c([2H])c([2H])c([2H])c([2H])c12. The summed E-state index contributed by atoms with van der Waals surface area (Å²) in [5, 5.41) is -5.29. The second kappa shape index (κ2) is 10.7. The van der Waals surface area contributed by atoms with Crippen molar-refractivity contribution >= 4 is 65.0 Å². The molecule has 0 unspecified atom stereocenters. The molecule has 9 aromatic carbocycles. The summed E-state index contributed by atoms with van der Waals surface area (Å²) in [6.07, 6.45) is -0.934. The van der Waals surface area contributed by atoms with Crippen molar-refractivity contribution in [3.63, 3.8) is 0 Å². The van der Waals surface area contributed by atoms with E-state index in [1.54, 1.807) is 0 Å². The summed E-state index contributed by atoms with van der Waals surface area (Å²) in [6, 6.07) is -23.9. The fourth-order valence-electron chi connectivity index (χ4n) is 5.92. The van der Waals surface area contributed by atoms with Gasteiger partial charge in [0.15, 0.2) is 0 Å². The average Bonchev–Trinajstić information content (AvgIpc) is 3.84. The van der Waals surface area contributed by atoms with Gasteiger partial charge in [0.2, 0.25) is 0 Å². The Morgan fingerprint density at radius 3 is 1.79 bits per heavy atom. The Morgan fingerprint density at radius 1 is 0.438 bits per heavy atom. The molecular weight excluding hydrogens is 581 g/mol. The van der Waals surface area contributed by atoms with E-state index in [2.05, 4.69) is 0 Å². The number of rotatable bonds is 4. The molecule has 0 atom stereocenters. The fraction of sp³-hybridized carbons (Fsp3) is 0.0213. The first-order valence-corrected chi connectivity index (χ1v) is 14.4. The standard InChI is InChI=1S/C47H30O/c1-2-12-34-29-35(25-24-31(34)10-1)32-22-20-30(21-23-32)28-43-37-14-5-7-16-39(37)45(40-17-8-6-15-38(40)43)41-18-9-19-44-46(41)42-27-26-33-11-3-4-13-36(33)47(42)48-44/h1-27,29H,28H2/i1D,2D,3D,4D,5D,6D,7D,8D,9D,10D,11D,12D,13D,14D,15D,16D,17D,18D,19D,20D,21D,22D,23D,24D,25D,26D,27D,29D. The zero-order chi connectivity index (χ0) is 56.0. The summed E-state index contributed by atoms with van der Waals surface area (Å²) in [4.78, 5) is 0. The molecule has 0 bridgehead atoms. The normalized spacial score (nSPS) is 20.0. The van der Waals surface area contributed by atoms with Crippen LogP contribution in [0.25, 0.3) is 87.3 Å². The molecule has 0 spiro atoms. The van der Waals surface area contributed by atoms with Gasteiger partial charge in [-0.25, -0.2) is 0 Å². The second-order valence-electron chi connectivity index (χ2n) is 10.6. The predicted octanol–water partition coefficient (Wildman–Crippen LogP) is 13.1. The van der Waals surface area contributed by atoms with Gasteiger partial charge < -0.3 is 4.42 Å². The van der Waals surface area contributed by atoms with Gasteiger partial charge in [0, 0.05) is 16.2 Å². The molecule has 0 aliphatic rings. The van der Waals surface area contributed by atoms with Crippen LogP contribution in [0.1, 0.15) is 49.5 Å². The van der Waals surface area contributed by atoms with Gasteiger partial charge in [-0.3, -0.25) is 0 Å². The molecule has 0 aliphatic heterocycles. The molecule has 0 aliphatic carbocycles. The first-order chi connectivity index (χ1) is 35.5. The Kier molecular flexibility index (Phi) is 2.50. The van der Waals surface area contributed by atoms with Crippen LogP contribution in [-0.2, 0) is 6.42 Å². The van der Waals surface area contributed by atoms with Crippen LogP contribution in [0, 0.1) is 0 Å². The molecular formula is C47H30O. The van der Waals surface area contributed by atoms with Gasteiger partial charge in [-0.2, -0.15) is 0 Å². The van der Waals surface area contributed by atoms with E-state index in [1.807, 2.05) is 0 Å². The van der Waals surface area contributed by atoms with Crippen LogP contribution in [0.3, 0.4) is 0 Å². The van der Waals surface area contributed by atoms with E-state index in [0.717, 1.165) is 0 Å². The summed E-state index contributed by atoms with van der Waals surface area (Å²) in [7, 11) is 0. The van der Waals surface area contributed by atoms with Crippen molar-refractivity contribution < 1.29 is 42.8 Å². The maximum Gasteiger partial charge on any atom is 0.143 e. The van der Waals surface area contributed by atoms with Crippen molar-refractivity contribution in [1.29, 1.82) is 0 Å². The third-order valence-electron chi connectivity index (χ3n) is 8.01. The Labute approximate surface area is 317 Å². The van der Waals surface area contributed by atoms with E-state index in [1.165, 1.54) is 0 Å². The summed E-state index contributed by atoms with van der Waals surface area (Å²) in [5.41, 5.74) is -4.82. The number of furan rings is 1. The van der Waals surface area contributed by atoms with Gasteiger partial charge in [0.1, 0.15) is 11.2 Å². The van der Waals surface area contributed by atoms with Crippen molar-refractivity contribution in [2.24, 2.45) is 0 Å². The monoisotopic (exact) mass is 638 g/mol. The van der Waals surface area contributed by atoms with Crippen LogP contribution in [0.15, 0.2) is 174 Å². The lowest BCUT2D eigenvalue weighted by Crippen LogP contribution is -1.96. The van der Waals surface area contributed by atoms with Gasteiger partial charge in [-0.05, 0) is 95.6 Å². The topological polar surface area (TPSA) is 13.1 Å². The number of benzene rings is 9. The Bertz CT molecular complexity index is 4350. The van der Waals surface area contributed by atoms with Crippen LogP contribution in [0.2, 0.25) is 0 Å². The quantitative estimate of drug-likeness (QED) is 0.175. The third kappa shape index (κ3) is 4.18. The van der Waals surface area contributed by atoms with Crippen LogP contribution in [0.4, 0.5) is 0 Å². The zero-order valence-corrected chi connectivity index (χ0v) is 24.1.